The maximum Gasteiger partial charge on any atom is 0.262 e. The molecule has 10 heteroatoms. The largest absolute Gasteiger partial charge is 0.497 e. The number of methoxy groups -OCH3 is 2. The van der Waals surface area contributed by atoms with Gasteiger partial charge in [0.1, 0.15) is 16.7 Å². The summed E-state index contributed by atoms with van der Waals surface area (Å²) < 4.78 is 10.5. The minimum Gasteiger partial charge on any atom is -0.497 e. The summed E-state index contributed by atoms with van der Waals surface area (Å²) in [6.07, 6.45) is 0.613. The fourth-order valence-electron chi connectivity index (χ4n) is 4.25. The number of aliphatic imine (C=N–C) groups is 1. The normalized spacial score (nSPS) is 18.7. The Kier molecular flexibility index (Phi) is 7.67. The molecule has 0 aromatic heterocycles. The zero-order valence-electron chi connectivity index (χ0n) is 20.8. The molecule has 0 aliphatic carbocycles. The van der Waals surface area contributed by atoms with E-state index in [-0.39, 0.29) is 24.3 Å². The third-order valence-corrected chi connectivity index (χ3v) is 7.65. The van der Waals surface area contributed by atoms with Gasteiger partial charge in [-0.15, -0.1) is 0 Å². The van der Waals surface area contributed by atoms with Gasteiger partial charge >= 0.3 is 0 Å². The molecular weight excluding hydrogens is 524 g/mol. The molecule has 194 valence electrons. The molecule has 2 heterocycles. The van der Waals surface area contributed by atoms with Crippen molar-refractivity contribution < 1.29 is 19.1 Å². The first-order valence-electron chi connectivity index (χ1n) is 11.9. The number of amides is 2. The molecule has 0 fully saturated rings. The lowest BCUT2D eigenvalue weighted by molar-refractivity contribution is -0.121. The number of thioether (sulfide) groups is 1. The summed E-state index contributed by atoms with van der Waals surface area (Å²) in [5.41, 5.74) is 3.44. The van der Waals surface area contributed by atoms with Crippen LogP contribution in [0.15, 0.2) is 82.9 Å². The first-order chi connectivity index (χ1) is 18.4. The molecular formula is C28H25ClN4O4S. The molecule has 38 heavy (non-hydrogen) atoms. The van der Waals surface area contributed by atoms with Crippen molar-refractivity contribution in [3.63, 3.8) is 0 Å². The molecule has 0 bridgehead atoms. The maximum atomic E-state index is 12.8. The van der Waals surface area contributed by atoms with Crippen LogP contribution < -0.4 is 14.8 Å². The zero-order chi connectivity index (χ0) is 26.6. The molecule has 5 rings (SSSR count). The molecule has 0 saturated heterocycles. The summed E-state index contributed by atoms with van der Waals surface area (Å²) in [6, 6.07) is 22.1. The van der Waals surface area contributed by atoms with E-state index >= 15 is 0 Å². The summed E-state index contributed by atoms with van der Waals surface area (Å²) in [4.78, 5) is 29.8. The SMILES string of the molecule is COc1ccc(NC(=O)C[C@H]2SC(N3N=C(c4ccc(Cl)cc4)C[C@@H]3c3ccc(OC)cc3)=NC2=O)cc1. The molecule has 0 radical (unpaired) electrons. The second-order valence-electron chi connectivity index (χ2n) is 8.71. The minimum absolute atomic E-state index is 0.00265. The quantitative estimate of drug-likeness (QED) is 0.417. The van der Waals surface area contributed by atoms with E-state index in [1.807, 2.05) is 48.5 Å². The van der Waals surface area contributed by atoms with E-state index in [0.29, 0.717) is 28.0 Å². The highest BCUT2D eigenvalue weighted by Crippen LogP contribution is 2.39. The lowest BCUT2D eigenvalue weighted by Crippen LogP contribution is -2.25. The Morgan fingerprint density at radius 3 is 2.26 bits per heavy atom. The van der Waals surface area contributed by atoms with Crippen molar-refractivity contribution >= 4 is 51.7 Å². The smallest absolute Gasteiger partial charge is 0.262 e. The van der Waals surface area contributed by atoms with Crippen molar-refractivity contribution in [2.45, 2.75) is 24.1 Å². The highest BCUT2D eigenvalue weighted by molar-refractivity contribution is 8.15. The molecule has 0 spiro atoms. The van der Waals surface area contributed by atoms with Crippen LogP contribution in [0.3, 0.4) is 0 Å². The van der Waals surface area contributed by atoms with Crippen LogP contribution in [0.2, 0.25) is 5.02 Å². The molecule has 2 amide bonds. The van der Waals surface area contributed by atoms with Crippen molar-refractivity contribution in [1.82, 2.24) is 5.01 Å². The molecule has 2 aliphatic heterocycles. The van der Waals surface area contributed by atoms with Gasteiger partial charge in [-0.25, -0.2) is 5.01 Å². The van der Waals surface area contributed by atoms with Crippen molar-refractivity contribution in [1.29, 1.82) is 0 Å². The van der Waals surface area contributed by atoms with Gasteiger partial charge in [0.05, 0.1) is 26.0 Å². The van der Waals surface area contributed by atoms with Crippen LogP contribution in [-0.2, 0) is 9.59 Å². The van der Waals surface area contributed by atoms with Crippen molar-refractivity contribution in [2.24, 2.45) is 10.1 Å². The lowest BCUT2D eigenvalue weighted by Gasteiger charge is -2.23. The molecule has 1 N–H and O–H groups in total. The number of hydrogen-bond acceptors (Lipinski definition) is 7. The van der Waals surface area contributed by atoms with Crippen molar-refractivity contribution in [3.8, 4) is 11.5 Å². The monoisotopic (exact) mass is 548 g/mol. The van der Waals surface area contributed by atoms with Crippen LogP contribution in [0, 0.1) is 0 Å². The summed E-state index contributed by atoms with van der Waals surface area (Å²) in [6.45, 7) is 0. The number of nitrogens with zero attached hydrogens (tertiary/aromatic N) is 3. The predicted octanol–water partition coefficient (Wildman–Crippen LogP) is 5.54. The Labute approximate surface area is 229 Å². The first kappa shape index (κ1) is 25.8. The molecule has 8 nitrogen and oxygen atoms in total. The van der Waals surface area contributed by atoms with E-state index in [1.54, 1.807) is 43.5 Å². The van der Waals surface area contributed by atoms with E-state index in [4.69, 9.17) is 26.2 Å². The Hall–Kier alpha value is -3.82. The van der Waals surface area contributed by atoms with Gasteiger partial charge in [0, 0.05) is 23.6 Å². The summed E-state index contributed by atoms with van der Waals surface area (Å²) in [5.74, 6) is 0.829. The van der Waals surface area contributed by atoms with Crippen LogP contribution in [0.1, 0.15) is 30.0 Å². The van der Waals surface area contributed by atoms with Crippen molar-refractivity contribution in [2.75, 3.05) is 19.5 Å². The number of anilines is 1. The fraction of sp³-hybridized carbons (Fsp3) is 0.214. The minimum atomic E-state index is -0.630. The van der Waals surface area contributed by atoms with Gasteiger partial charge in [-0.2, -0.15) is 10.1 Å². The van der Waals surface area contributed by atoms with E-state index in [2.05, 4.69) is 10.3 Å². The van der Waals surface area contributed by atoms with Gasteiger partial charge in [-0.3, -0.25) is 9.59 Å². The van der Waals surface area contributed by atoms with E-state index < -0.39 is 5.25 Å². The molecule has 0 unspecified atom stereocenters. The van der Waals surface area contributed by atoms with Crippen LogP contribution in [0.5, 0.6) is 11.5 Å². The third kappa shape index (κ3) is 5.69. The van der Waals surface area contributed by atoms with Crippen LogP contribution in [-0.4, -0.2) is 47.2 Å². The number of amidine groups is 1. The summed E-state index contributed by atoms with van der Waals surface area (Å²) in [5, 5.41) is 9.97. The molecule has 2 aliphatic rings. The average molecular weight is 549 g/mol. The van der Waals surface area contributed by atoms with Gasteiger partial charge in [0.15, 0.2) is 5.17 Å². The van der Waals surface area contributed by atoms with Gasteiger partial charge < -0.3 is 14.8 Å². The van der Waals surface area contributed by atoms with Crippen molar-refractivity contribution in [3.05, 3.63) is 88.9 Å². The highest BCUT2D eigenvalue weighted by atomic mass is 35.5. The van der Waals surface area contributed by atoms with Gasteiger partial charge in [0.25, 0.3) is 5.91 Å². The van der Waals surface area contributed by atoms with Gasteiger partial charge in [-0.05, 0) is 59.7 Å². The number of carbonyl (C=O) groups is 2. The number of rotatable bonds is 7. The number of carbonyl (C=O) groups excluding carboxylic acids is 2. The van der Waals surface area contributed by atoms with E-state index in [9.17, 15) is 9.59 Å². The van der Waals surface area contributed by atoms with Gasteiger partial charge in [-0.1, -0.05) is 47.6 Å². The molecule has 3 aromatic carbocycles. The van der Waals surface area contributed by atoms with Crippen LogP contribution in [0.25, 0.3) is 0 Å². The number of hydrazone groups is 1. The average Bonchev–Trinajstić information content (AvgIpc) is 3.53. The first-order valence-corrected chi connectivity index (χ1v) is 13.2. The summed E-state index contributed by atoms with van der Waals surface area (Å²) >= 11 is 7.34. The standard InChI is InChI=1S/C28H25ClN4O4S/c1-36-21-11-5-18(6-12-21)24-15-23(17-3-7-19(29)8-4-17)32-33(24)28-31-27(35)25(38-28)16-26(34)30-20-9-13-22(37-2)14-10-20/h3-14,24-25H,15-16H2,1-2H3,(H,30,34)/t24-,25-/m1/s1. The topological polar surface area (TPSA) is 92.6 Å². The van der Waals surface area contributed by atoms with Gasteiger partial charge in [0.2, 0.25) is 5.91 Å². The van der Waals surface area contributed by atoms with Crippen LogP contribution >= 0.6 is 23.4 Å². The number of halogens is 1. The number of hydrogen-bond donors (Lipinski definition) is 1. The molecule has 3 aromatic rings. The summed E-state index contributed by atoms with van der Waals surface area (Å²) in [7, 11) is 3.20. The van der Waals surface area contributed by atoms with Crippen LogP contribution in [0.4, 0.5) is 5.69 Å². The second kappa shape index (κ2) is 11.3. The predicted molar refractivity (Wildman–Crippen MR) is 150 cm³/mol. The number of ether oxygens (including phenoxy) is 2. The van der Waals surface area contributed by atoms with E-state index in [1.165, 1.54) is 11.8 Å². The number of nitrogens with one attached hydrogen (secondary N) is 1. The molecule has 0 saturated carbocycles. The fourth-order valence-corrected chi connectivity index (χ4v) is 5.44. The number of benzene rings is 3. The highest BCUT2D eigenvalue weighted by Gasteiger charge is 2.39. The maximum absolute atomic E-state index is 12.8. The second-order valence-corrected chi connectivity index (χ2v) is 10.3. The Morgan fingerprint density at radius 1 is 1.00 bits per heavy atom. The Bertz CT molecular complexity index is 1390. The zero-order valence-corrected chi connectivity index (χ0v) is 22.3. The molecule has 2 atom stereocenters. The Balaban J connectivity index is 1.33. The Morgan fingerprint density at radius 2 is 1.63 bits per heavy atom. The third-order valence-electron chi connectivity index (χ3n) is 6.26. The lowest BCUT2D eigenvalue weighted by atomic mass is 9.98. The van der Waals surface area contributed by atoms with E-state index in [0.717, 1.165) is 22.6 Å².